The molecule has 3 N–H and O–H groups in total. The Bertz CT molecular complexity index is 240. The Morgan fingerprint density at radius 3 is 2.37 bits per heavy atom. The van der Waals surface area contributed by atoms with Crippen molar-refractivity contribution < 1.29 is 4.79 Å². The number of carbonyl (C=O) groups is 1. The lowest BCUT2D eigenvalue weighted by Crippen LogP contribution is -2.31. The van der Waals surface area contributed by atoms with E-state index >= 15 is 0 Å². The third-order valence-corrected chi connectivity index (χ3v) is 3.35. The lowest BCUT2D eigenvalue weighted by atomic mass is 9.84. The lowest BCUT2D eigenvalue weighted by molar-refractivity contribution is -0.122. The van der Waals surface area contributed by atoms with E-state index in [-0.39, 0.29) is 5.91 Å². The quantitative estimate of drug-likeness (QED) is 0.675. The first-order valence-electron chi connectivity index (χ1n) is 7.75. The van der Waals surface area contributed by atoms with Gasteiger partial charge >= 0.3 is 0 Å². The molecule has 0 saturated heterocycles. The van der Waals surface area contributed by atoms with E-state index < -0.39 is 0 Å². The number of nitrogens with one attached hydrogen (secondary N) is 1. The number of nitrogens with two attached hydrogens (primary N) is 1. The fourth-order valence-electron chi connectivity index (χ4n) is 2.76. The van der Waals surface area contributed by atoms with Crippen molar-refractivity contribution in [3.8, 4) is 0 Å². The normalized spacial score (nSPS) is 15.1. The molecular weight excluding hydrogens is 236 g/mol. The predicted molar refractivity (Wildman–Crippen MR) is 82.9 cm³/mol. The van der Waals surface area contributed by atoms with Crippen LogP contribution in [-0.2, 0) is 4.79 Å². The van der Waals surface area contributed by atoms with E-state index in [2.05, 4.69) is 39.9 Å². The fourth-order valence-corrected chi connectivity index (χ4v) is 2.76. The standard InChI is InChI=1S/C16H34N2O/c1-6-7-14(8-9-17)12-18-15(19)10-13(2)11-16(3,4)5/h13-14H,6-12,17H2,1-5H3,(H,18,19). The Kier molecular flexibility index (Phi) is 9.07. The highest BCUT2D eigenvalue weighted by atomic mass is 16.1. The molecule has 0 heterocycles. The highest BCUT2D eigenvalue weighted by Crippen LogP contribution is 2.25. The maximum absolute atomic E-state index is 11.9. The third kappa shape index (κ3) is 11.0. The molecule has 0 aliphatic carbocycles. The van der Waals surface area contributed by atoms with Gasteiger partial charge in [-0.05, 0) is 43.1 Å². The summed E-state index contributed by atoms with van der Waals surface area (Å²) in [5.74, 6) is 1.17. The molecule has 0 aliphatic heterocycles. The molecule has 0 saturated carbocycles. The Hall–Kier alpha value is -0.570. The van der Waals surface area contributed by atoms with E-state index in [9.17, 15) is 4.79 Å². The minimum absolute atomic E-state index is 0.190. The second-order valence-corrected chi connectivity index (χ2v) is 7.11. The van der Waals surface area contributed by atoms with Crippen molar-refractivity contribution in [1.29, 1.82) is 0 Å². The molecule has 0 fully saturated rings. The molecule has 19 heavy (non-hydrogen) atoms. The molecule has 0 bridgehead atoms. The SMILES string of the molecule is CCCC(CCN)CNC(=O)CC(C)CC(C)(C)C. The summed E-state index contributed by atoms with van der Waals surface area (Å²) in [7, 11) is 0. The van der Waals surface area contributed by atoms with Gasteiger partial charge in [0.2, 0.25) is 5.91 Å². The van der Waals surface area contributed by atoms with Crippen LogP contribution in [0.1, 0.15) is 66.7 Å². The van der Waals surface area contributed by atoms with E-state index in [1.54, 1.807) is 0 Å². The molecule has 0 aliphatic rings. The molecule has 0 rings (SSSR count). The fraction of sp³-hybridized carbons (Fsp3) is 0.938. The second kappa shape index (κ2) is 9.35. The topological polar surface area (TPSA) is 55.1 Å². The van der Waals surface area contributed by atoms with Crippen LogP contribution in [0.3, 0.4) is 0 Å². The highest BCUT2D eigenvalue weighted by Gasteiger charge is 2.18. The van der Waals surface area contributed by atoms with Crippen LogP contribution in [0.2, 0.25) is 0 Å². The Balaban J connectivity index is 3.96. The number of amides is 1. The minimum Gasteiger partial charge on any atom is -0.356 e. The summed E-state index contributed by atoms with van der Waals surface area (Å²) in [4.78, 5) is 11.9. The van der Waals surface area contributed by atoms with Crippen LogP contribution in [0.15, 0.2) is 0 Å². The van der Waals surface area contributed by atoms with Gasteiger partial charge in [-0.2, -0.15) is 0 Å². The predicted octanol–water partition coefficient (Wildman–Crippen LogP) is 3.33. The molecule has 2 unspecified atom stereocenters. The van der Waals surface area contributed by atoms with Crippen molar-refractivity contribution in [3.63, 3.8) is 0 Å². The summed E-state index contributed by atoms with van der Waals surface area (Å²) in [6, 6.07) is 0. The van der Waals surface area contributed by atoms with Crippen molar-refractivity contribution in [3.05, 3.63) is 0 Å². The van der Waals surface area contributed by atoms with E-state index in [1.165, 1.54) is 0 Å². The highest BCUT2D eigenvalue weighted by molar-refractivity contribution is 5.76. The molecule has 114 valence electrons. The monoisotopic (exact) mass is 270 g/mol. The summed E-state index contributed by atoms with van der Waals surface area (Å²) >= 11 is 0. The van der Waals surface area contributed by atoms with Crippen LogP contribution in [0.4, 0.5) is 0 Å². The van der Waals surface area contributed by atoms with Gasteiger partial charge < -0.3 is 11.1 Å². The average molecular weight is 270 g/mol. The largest absolute Gasteiger partial charge is 0.356 e. The Morgan fingerprint density at radius 1 is 1.26 bits per heavy atom. The molecule has 0 aromatic carbocycles. The van der Waals surface area contributed by atoms with Crippen molar-refractivity contribution in [1.82, 2.24) is 5.32 Å². The van der Waals surface area contributed by atoms with Crippen LogP contribution in [0.5, 0.6) is 0 Å². The number of rotatable bonds is 9. The van der Waals surface area contributed by atoms with Crippen LogP contribution in [0, 0.1) is 17.3 Å². The summed E-state index contributed by atoms with van der Waals surface area (Å²) in [5.41, 5.74) is 5.90. The molecule has 0 aromatic heterocycles. The molecule has 3 nitrogen and oxygen atoms in total. The second-order valence-electron chi connectivity index (χ2n) is 7.11. The van der Waals surface area contributed by atoms with E-state index in [0.29, 0.717) is 30.2 Å². The zero-order valence-corrected chi connectivity index (χ0v) is 13.6. The van der Waals surface area contributed by atoms with Crippen molar-refractivity contribution in [2.24, 2.45) is 23.0 Å². The maximum atomic E-state index is 11.9. The van der Waals surface area contributed by atoms with Crippen LogP contribution in [0.25, 0.3) is 0 Å². The van der Waals surface area contributed by atoms with E-state index in [0.717, 1.165) is 32.2 Å². The van der Waals surface area contributed by atoms with Gasteiger partial charge in [-0.15, -0.1) is 0 Å². The van der Waals surface area contributed by atoms with Gasteiger partial charge in [0.1, 0.15) is 0 Å². The molecule has 2 atom stereocenters. The van der Waals surface area contributed by atoms with Crippen LogP contribution < -0.4 is 11.1 Å². The summed E-state index contributed by atoms with van der Waals surface area (Å²) in [6.45, 7) is 12.5. The van der Waals surface area contributed by atoms with Gasteiger partial charge in [0.25, 0.3) is 0 Å². The summed E-state index contributed by atoms with van der Waals surface area (Å²) in [6.07, 6.45) is 5.03. The van der Waals surface area contributed by atoms with Crippen LogP contribution in [-0.4, -0.2) is 19.0 Å². The van der Waals surface area contributed by atoms with Crippen LogP contribution >= 0.6 is 0 Å². The smallest absolute Gasteiger partial charge is 0.220 e. The first-order chi connectivity index (χ1) is 8.78. The molecule has 1 amide bonds. The van der Waals surface area contributed by atoms with Gasteiger partial charge in [0.05, 0.1) is 0 Å². The first-order valence-corrected chi connectivity index (χ1v) is 7.75. The van der Waals surface area contributed by atoms with E-state index in [4.69, 9.17) is 5.73 Å². The molecule has 0 radical (unpaired) electrons. The van der Waals surface area contributed by atoms with Gasteiger partial charge in [-0.3, -0.25) is 4.79 Å². The Morgan fingerprint density at radius 2 is 1.89 bits per heavy atom. The summed E-state index contributed by atoms with van der Waals surface area (Å²) in [5, 5.41) is 3.07. The average Bonchev–Trinajstić information content (AvgIpc) is 2.23. The van der Waals surface area contributed by atoms with Crippen molar-refractivity contribution in [2.75, 3.05) is 13.1 Å². The summed E-state index contributed by atoms with van der Waals surface area (Å²) < 4.78 is 0. The van der Waals surface area contributed by atoms with Gasteiger partial charge in [-0.25, -0.2) is 0 Å². The lowest BCUT2D eigenvalue weighted by Gasteiger charge is -2.23. The van der Waals surface area contributed by atoms with Crippen molar-refractivity contribution >= 4 is 5.91 Å². The number of hydrogen-bond acceptors (Lipinski definition) is 2. The van der Waals surface area contributed by atoms with Gasteiger partial charge in [-0.1, -0.05) is 41.0 Å². The third-order valence-electron chi connectivity index (χ3n) is 3.35. The zero-order chi connectivity index (χ0) is 14.9. The van der Waals surface area contributed by atoms with E-state index in [1.807, 2.05) is 0 Å². The maximum Gasteiger partial charge on any atom is 0.220 e. The molecule has 0 spiro atoms. The van der Waals surface area contributed by atoms with Crippen molar-refractivity contribution in [2.45, 2.75) is 66.7 Å². The first kappa shape index (κ1) is 18.4. The zero-order valence-electron chi connectivity index (χ0n) is 13.6. The molecule has 0 aromatic rings. The molecule has 3 heteroatoms. The molecular formula is C16H34N2O. The number of carbonyl (C=O) groups excluding carboxylic acids is 1. The van der Waals surface area contributed by atoms with Gasteiger partial charge in [0.15, 0.2) is 0 Å². The minimum atomic E-state index is 0.190. The number of hydrogen-bond donors (Lipinski definition) is 2. The van der Waals surface area contributed by atoms with Gasteiger partial charge in [0, 0.05) is 13.0 Å². The Labute approximate surface area is 119 Å².